The molecule has 0 fully saturated rings. The number of nitrogens with zero attached hydrogens (tertiary/aromatic N) is 1. The van der Waals surface area contributed by atoms with Crippen LogP contribution in [0.5, 0.6) is 11.5 Å². The molecule has 8 heteroatoms. The minimum Gasteiger partial charge on any atom is -0.486 e. The van der Waals surface area contributed by atoms with Crippen LogP contribution >= 0.6 is 0 Å². The SMILES string of the molecule is O=C1C=CC2(C=C1)CCN(C(=O)C(F)(F)F)Cc1cc3c(cc12)OCCO3. The first kappa shape index (κ1) is 17.6. The highest BCUT2D eigenvalue weighted by molar-refractivity contribution is 6.00. The van der Waals surface area contributed by atoms with E-state index in [2.05, 4.69) is 0 Å². The Morgan fingerprint density at radius 1 is 1.07 bits per heavy atom. The Bertz CT molecular complexity index is 856. The minimum atomic E-state index is -4.94. The zero-order chi connectivity index (χ0) is 19.2. The Morgan fingerprint density at radius 2 is 1.70 bits per heavy atom. The van der Waals surface area contributed by atoms with Crippen LogP contribution in [0.3, 0.4) is 0 Å². The Balaban J connectivity index is 1.83. The molecule has 1 aliphatic carbocycles. The van der Waals surface area contributed by atoms with Crippen LogP contribution in [0.1, 0.15) is 17.5 Å². The van der Waals surface area contributed by atoms with E-state index in [4.69, 9.17) is 9.47 Å². The fourth-order valence-electron chi connectivity index (χ4n) is 3.71. The molecule has 1 aromatic carbocycles. The molecule has 4 rings (SSSR count). The third-order valence-electron chi connectivity index (χ3n) is 5.05. The molecule has 1 aromatic rings. The normalized spacial score (nSPS) is 20.4. The molecule has 142 valence electrons. The number of benzene rings is 1. The molecule has 0 bridgehead atoms. The van der Waals surface area contributed by atoms with Crippen molar-refractivity contribution in [3.63, 3.8) is 0 Å². The van der Waals surface area contributed by atoms with Gasteiger partial charge in [-0.15, -0.1) is 0 Å². The number of hydrogen-bond acceptors (Lipinski definition) is 4. The van der Waals surface area contributed by atoms with Crippen LogP contribution in [0.2, 0.25) is 0 Å². The second kappa shape index (κ2) is 6.14. The van der Waals surface area contributed by atoms with Crippen LogP contribution in [-0.4, -0.2) is 42.5 Å². The van der Waals surface area contributed by atoms with Crippen LogP contribution in [0.4, 0.5) is 13.2 Å². The number of carbonyl (C=O) groups is 2. The Morgan fingerprint density at radius 3 is 2.33 bits per heavy atom. The zero-order valence-electron chi connectivity index (χ0n) is 14.2. The summed E-state index contributed by atoms with van der Waals surface area (Å²) in [5.41, 5.74) is 0.474. The van der Waals surface area contributed by atoms with Crippen molar-refractivity contribution in [1.82, 2.24) is 4.90 Å². The second-order valence-electron chi connectivity index (χ2n) is 6.74. The van der Waals surface area contributed by atoms with Crippen molar-refractivity contribution in [2.75, 3.05) is 19.8 Å². The average molecular weight is 379 g/mol. The maximum absolute atomic E-state index is 13.0. The highest BCUT2D eigenvalue weighted by Crippen LogP contribution is 2.44. The molecular weight excluding hydrogens is 363 g/mol. The van der Waals surface area contributed by atoms with Crippen LogP contribution in [0.25, 0.3) is 0 Å². The lowest BCUT2D eigenvalue weighted by Crippen LogP contribution is -2.41. The van der Waals surface area contributed by atoms with E-state index in [-0.39, 0.29) is 25.3 Å². The smallest absolute Gasteiger partial charge is 0.471 e. The monoisotopic (exact) mass is 379 g/mol. The predicted molar refractivity (Wildman–Crippen MR) is 88.5 cm³/mol. The van der Waals surface area contributed by atoms with E-state index in [1.165, 1.54) is 12.2 Å². The van der Waals surface area contributed by atoms with Crippen LogP contribution in [0.15, 0.2) is 36.4 Å². The molecule has 0 atom stereocenters. The van der Waals surface area contributed by atoms with Crippen LogP contribution in [0, 0.1) is 0 Å². The predicted octanol–water partition coefficient (Wildman–Crippen LogP) is 2.69. The van der Waals surface area contributed by atoms with Gasteiger partial charge in [-0.25, -0.2) is 0 Å². The van der Waals surface area contributed by atoms with E-state index in [1.54, 1.807) is 24.3 Å². The lowest BCUT2D eigenvalue weighted by molar-refractivity contribution is -0.186. The fraction of sp³-hybridized carbons (Fsp3) is 0.368. The van der Waals surface area contributed by atoms with Gasteiger partial charge in [-0.1, -0.05) is 12.2 Å². The van der Waals surface area contributed by atoms with Crippen molar-refractivity contribution < 1.29 is 32.2 Å². The van der Waals surface area contributed by atoms with Gasteiger partial charge in [-0.05, 0) is 41.8 Å². The number of alkyl halides is 3. The van der Waals surface area contributed by atoms with Gasteiger partial charge in [0.2, 0.25) is 0 Å². The molecule has 27 heavy (non-hydrogen) atoms. The number of amides is 1. The van der Waals surface area contributed by atoms with E-state index in [0.717, 1.165) is 4.90 Å². The number of fused-ring (bicyclic) bond motifs is 3. The summed E-state index contributed by atoms with van der Waals surface area (Å²) in [4.78, 5) is 24.2. The maximum atomic E-state index is 13.0. The first-order chi connectivity index (χ1) is 12.8. The first-order valence-electron chi connectivity index (χ1n) is 8.50. The molecule has 0 aromatic heterocycles. The number of carbonyl (C=O) groups excluding carboxylic acids is 2. The molecule has 5 nitrogen and oxygen atoms in total. The van der Waals surface area contributed by atoms with Crippen LogP contribution < -0.4 is 9.47 Å². The molecule has 3 aliphatic rings. The van der Waals surface area contributed by atoms with Crippen molar-refractivity contribution in [1.29, 1.82) is 0 Å². The molecule has 2 aliphatic heterocycles. The van der Waals surface area contributed by atoms with Crippen LogP contribution in [-0.2, 0) is 21.5 Å². The van der Waals surface area contributed by atoms with Gasteiger partial charge in [0.25, 0.3) is 0 Å². The summed E-state index contributed by atoms with van der Waals surface area (Å²) in [6, 6.07) is 3.38. The van der Waals surface area contributed by atoms with Gasteiger partial charge in [-0.2, -0.15) is 13.2 Å². The lowest BCUT2D eigenvalue weighted by Gasteiger charge is -2.31. The number of hydrogen-bond donors (Lipinski definition) is 0. The Labute approximate surface area is 153 Å². The number of halogens is 3. The topological polar surface area (TPSA) is 55.8 Å². The second-order valence-corrected chi connectivity index (χ2v) is 6.74. The third kappa shape index (κ3) is 3.09. The molecule has 1 amide bonds. The van der Waals surface area contributed by atoms with Gasteiger partial charge in [0.15, 0.2) is 17.3 Å². The standard InChI is InChI=1S/C19H16F3NO4/c20-19(21,22)17(25)23-6-5-18(3-1-13(24)2-4-18)14-10-16-15(9-12(14)11-23)26-7-8-27-16/h1-4,9-10H,5-8,11H2. The van der Waals surface area contributed by atoms with E-state index in [1.807, 2.05) is 0 Å². The molecular formula is C19H16F3NO4. The van der Waals surface area contributed by atoms with E-state index in [9.17, 15) is 22.8 Å². The molecule has 2 heterocycles. The summed E-state index contributed by atoms with van der Waals surface area (Å²) >= 11 is 0. The van der Waals surface area contributed by atoms with Gasteiger partial charge < -0.3 is 14.4 Å². The Hall–Kier alpha value is -2.77. The van der Waals surface area contributed by atoms with E-state index >= 15 is 0 Å². The largest absolute Gasteiger partial charge is 0.486 e. The summed E-state index contributed by atoms with van der Waals surface area (Å²) in [6.07, 6.45) is 1.46. The highest BCUT2D eigenvalue weighted by Gasteiger charge is 2.45. The van der Waals surface area contributed by atoms with Gasteiger partial charge in [0.05, 0.1) is 0 Å². The van der Waals surface area contributed by atoms with Crippen molar-refractivity contribution in [3.8, 4) is 11.5 Å². The summed E-state index contributed by atoms with van der Waals surface area (Å²) in [5.74, 6) is -1.11. The van der Waals surface area contributed by atoms with Crippen molar-refractivity contribution >= 4 is 11.7 Å². The molecule has 1 spiro atoms. The molecule has 0 unspecified atom stereocenters. The summed E-state index contributed by atoms with van der Waals surface area (Å²) < 4.78 is 50.1. The quantitative estimate of drug-likeness (QED) is 0.696. The van der Waals surface area contributed by atoms with Crippen molar-refractivity contribution in [2.45, 2.75) is 24.6 Å². The maximum Gasteiger partial charge on any atom is 0.471 e. The van der Waals surface area contributed by atoms with Gasteiger partial charge in [0.1, 0.15) is 13.2 Å². The highest BCUT2D eigenvalue weighted by atomic mass is 19.4. The van der Waals surface area contributed by atoms with Crippen molar-refractivity contribution in [2.24, 2.45) is 0 Å². The van der Waals surface area contributed by atoms with Gasteiger partial charge in [-0.3, -0.25) is 9.59 Å². The first-order valence-corrected chi connectivity index (χ1v) is 8.50. The van der Waals surface area contributed by atoms with Crippen molar-refractivity contribution in [3.05, 3.63) is 47.6 Å². The number of ether oxygens (including phenoxy) is 2. The average Bonchev–Trinajstić information content (AvgIpc) is 2.78. The molecule has 0 saturated carbocycles. The third-order valence-corrected chi connectivity index (χ3v) is 5.05. The fourth-order valence-corrected chi connectivity index (χ4v) is 3.71. The number of ketones is 1. The summed E-state index contributed by atoms with van der Waals surface area (Å²) in [7, 11) is 0. The summed E-state index contributed by atoms with van der Waals surface area (Å²) in [6.45, 7) is 0.433. The summed E-state index contributed by atoms with van der Waals surface area (Å²) in [5, 5.41) is 0. The lowest BCUT2D eigenvalue weighted by atomic mass is 9.73. The number of allylic oxidation sites excluding steroid dienone is 4. The van der Waals surface area contributed by atoms with Gasteiger partial charge in [0, 0.05) is 18.5 Å². The molecule has 0 radical (unpaired) electrons. The molecule has 0 N–H and O–H groups in total. The minimum absolute atomic E-state index is 0.0950. The number of rotatable bonds is 0. The zero-order valence-corrected chi connectivity index (χ0v) is 14.2. The van der Waals surface area contributed by atoms with Gasteiger partial charge >= 0.3 is 12.1 Å². The molecule has 0 saturated heterocycles. The van der Waals surface area contributed by atoms with E-state index < -0.39 is 17.5 Å². The Kier molecular flexibility index (Phi) is 4.01. The van der Waals surface area contributed by atoms with E-state index in [0.29, 0.717) is 35.8 Å².